The summed E-state index contributed by atoms with van der Waals surface area (Å²) < 4.78 is 13.0. The molecule has 0 saturated carbocycles. The van der Waals surface area contributed by atoms with Crippen molar-refractivity contribution in [2.75, 3.05) is 11.9 Å². The van der Waals surface area contributed by atoms with Crippen LogP contribution in [0.15, 0.2) is 18.2 Å². The van der Waals surface area contributed by atoms with E-state index >= 15 is 0 Å². The van der Waals surface area contributed by atoms with Crippen LogP contribution in [0.1, 0.15) is 37.0 Å². The number of alkyl halides is 1. The van der Waals surface area contributed by atoms with Gasteiger partial charge in [0.25, 0.3) is 5.91 Å². The van der Waals surface area contributed by atoms with Gasteiger partial charge in [0.1, 0.15) is 5.82 Å². The Bertz CT molecular complexity index is 441. The van der Waals surface area contributed by atoms with Crippen LogP contribution in [0.3, 0.4) is 0 Å². The number of amides is 1. The minimum Gasteiger partial charge on any atom is -0.351 e. The molecule has 106 valence electrons. The lowest BCUT2D eigenvalue weighted by molar-refractivity contribution is 0.0932. The Labute approximate surface area is 126 Å². The number of hydrogen-bond acceptors (Lipinski definition) is 1. The molecule has 1 amide bonds. The number of carbonyl (C=O) groups excluding carboxylic acids is 1. The summed E-state index contributed by atoms with van der Waals surface area (Å²) in [5, 5.41) is 3.68. The number of carbonyl (C=O) groups is 1. The molecule has 19 heavy (non-hydrogen) atoms. The van der Waals surface area contributed by atoms with Crippen LogP contribution in [-0.4, -0.2) is 17.8 Å². The van der Waals surface area contributed by atoms with Gasteiger partial charge in [0.15, 0.2) is 0 Å². The molecule has 0 aromatic heterocycles. The first kappa shape index (κ1) is 16.4. The predicted octanol–water partition coefficient (Wildman–Crippen LogP) is 4.41. The zero-order valence-electron chi connectivity index (χ0n) is 11.1. The third-order valence-electron chi connectivity index (χ3n) is 3.59. The molecule has 0 unspecified atom stereocenters. The Kier molecular flexibility index (Phi) is 6.27. The monoisotopic (exact) mass is 349 g/mol. The Hall–Kier alpha value is -0.610. The lowest BCUT2D eigenvalue weighted by Crippen LogP contribution is -2.38. The van der Waals surface area contributed by atoms with Gasteiger partial charge < -0.3 is 5.32 Å². The normalized spacial score (nSPS) is 11.4. The van der Waals surface area contributed by atoms with Crippen molar-refractivity contribution in [3.8, 4) is 0 Å². The molecule has 0 aliphatic heterocycles. The minimum absolute atomic E-state index is 0.0367. The first-order chi connectivity index (χ1) is 8.98. The molecule has 5 heteroatoms. The molecular formula is C14H18BrClFNO. The summed E-state index contributed by atoms with van der Waals surface area (Å²) in [6.07, 6.45) is 1.94. The Balaban J connectivity index is 2.72. The minimum atomic E-state index is -0.518. The summed E-state index contributed by atoms with van der Waals surface area (Å²) in [6.45, 7) is 4.79. The van der Waals surface area contributed by atoms with E-state index in [4.69, 9.17) is 11.6 Å². The molecule has 0 fully saturated rings. The molecule has 1 N–H and O–H groups in total. The first-order valence-corrected chi connectivity index (χ1v) is 7.77. The van der Waals surface area contributed by atoms with Crippen molar-refractivity contribution in [1.82, 2.24) is 5.32 Å². The van der Waals surface area contributed by atoms with E-state index < -0.39 is 5.82 Å². The van der Waals surface area contributed by atoms with Gasteiger partial charge in [-0.25, -0.2) is 4.39 Å². The van der Waals surface area contributed by atoms with E-state index in [1.807, 2.05) is 0 Å². The van der Waals surface area contributed by atoms with Crippen molar-refractivity contribution < 1.29 is 9.18 Å². The molecule has 0 heterocycles. The van der Waals surface area contributed by atoms with Gasteiger partial charge in [0, 0.05) is 17.4 Å². The second kappa shape index (κ2) is 7.25. The summed E-state index contributed by atoms with van der Waals surface area (Å²) in [4.78, 5) is 12.0. The highest BCUT2D eigenvalue weighted by Crippen LogP contribution is 2.27. The smallest absolute Gasteiger partial charge is 0.251 e. The molecular weight excluding hydrogens is 333 g/mol. The van der Waals surface area contributed by atoms with Crippen LogP contribution in [0.25, 0.3) is 0 Å². The van der Waals surface area contributed by atoms with Gasteiger partial charge in [-0.15, -0.1) is 0 Å². The maximum absolute atomic E-state index is 13.0. The summed E-state index contributed by atoms with van der Waals surface area (Å²) in [5.41, 5.74) is 0.432. The van der Waals surface area contributed by atoms with E-state index in [-0.39, 0.29) is 16.3 Å². The van der Waals surface area contributed by atoms with E-state index in [0.717, 1.165) is 18.2 Å². The van der Waals surface area contributed by atoms with Gasteiger partial charge in [-0.3, -0.25) is 4.79 Å². The molecule has 0 aliphatic rings. The fraction of sp³-hybridized carbons (Fsp3) is 0.500. The first-order valence-electron chi connectivity index (χ1n) is 6.27. The summed E-state index contributed by atoms with van der Waals surface area (Å²) >= 11 is 9.17. The van der Waals surface area contributed by atoms with E-state index in [0.29, 0.717) is 12.1 Å². The molecule has 0 saturated heterocycles. The fourth-order valence-electron chi connectivity index (χ4n) is 1.74. The van der Waals surface area contributed by atoms with E-state index in [2.05, 4.69) is 35.1 Å². The van der Waals surface area contributed by atoms with Crippen LogP contribution in [0.4, 0.5) is 4.39 Å². The largest absolute Gasteiger partial charge is 0.351 e. The molecule has 1 aromatic carbocycles. The number of halogens is 3. The highest BCUT2D eigenvalue weighted by Gasteiger charge is 2.25. The van der Waals surface area contributed by atoms with E-state index in [9.17, 15) is 9.18 Å². The molecule has 1 rings (SSSR count). The van der Waals surface area contributed by atoms with Crippen LogP contribution in [-0.2, 0) is 0 Å². The van der Waals surface area contributed by atoms with Gasteiger partial charge in [-0.1, -0.05) is 41.4 Å². The van der Waals surface area contributed by atoms with Crippen molar-refractivity contribution in [2.24, 2.45) is 5.41 Å². The summed E-state index contributed by atoms with van der Waals surface area (Å²) in [6, 6.07) is 3.98. The molecule has 0 spiro atoms. The van der Waals surface area contributed by atoms with Gasteiger partial charge in [0.2, 0.25) is 0 Å². The standard InChI is InChI=1S/C14H18BrClFNO/c1-3-14(4-2,8-15)9-18-13(19)10-5-6-12(17)11(16)7-10/h5-7H,3-4,8-9H2,1-2H3,(H,18,19). The van der Waals surface area contributed by atoms with Crippen molar-refractivity contribution in [3.63, 3.8) is 0 Å². The van der Waals surface area contributed by atoms with E-state index in [1.165, 1.54) is 18.2 Å². The lowest BCUT2D eigenvalue weighted by atomic mass is 9.84. The van der Waals surface area contributed by atoms with Gasteiger partial charge in [-0.05, 0) is 36.5 Å². The van der Waals surface area contributed by atoms with Gasteiger partial charge in [-0.2, -0.15) is 0 Å². The molecule has 0 radical (unpaired) electrons. The van der Waals surface area contributed by atoms with Crippen molar-refractivity contribution in [3.05, 3.63) is 34.6 Å². The van der Waals surface area contributed by atoms with Gasteiger partial charge in [0.05, 0.1) is 5.02 Å². The second-order valence-corrected chi connectivity index (χ2v) is 5.62. The number of hydrogen-bond donors (Lipinski definition) is 1. The predicted molar refractivity (Wildman–Crippen MR) is 80.6 cm³/mol. The summed E-state index contributed by atoms with van der Waals surface area (Å²) in [5.74, 6) is -0.746. The van der Waals surface area contributed by atoms with Gasteiger partial charge >= 0.3 is 0 Å². The third kappa shape index (κ3) is 4.18. The Morgan fingerprint density at radius 3 is 2.53 bits per heavy atom. The fourth-order valence-corrected chi connectivity index (χ4v) is 2.92. The van der Waals surface area contributed by atoms with Crippen LogP contribution < -0.4 is 5.32 Å². The average Bonchev–Trinajstić information content (AvgIpc) is 2.43. The summed E-state index contributed by atoms with van der Waals surface area (Å²) in [7, 11) is 0. The lowest BCUT2D eigenvalue weighted by Gasteiger charge is -2.29. The van der Waals surface area contributed by atoms with Crippen molar-refractivity contribution in [2.45, 2.75) is 26.7 Å². The molecule has 0 bridgehead atoms. The zero-order valence-corrected chi connectivity index (χ0v) is 13.4. The Morgan fingerprint density at radius 1 is 1.42 bits per heavy atom. The van der Waals surface area contributed by atoms with E-state index in [1.54, 1.807) is 0 Å². The maximum atomic E-state index is 13.0. The molecule has 0 aliphatic carbocycles. The number of rotatable bonds is 6. The quantitative estimate of drug-likeness (QED) is 0.757. The third-order valence-corrected chi connectivity index (χ3v) is 5.07. The molecule has 0 atom stereocenters. The average molecular weight is 351 g/mol. The van der Waals surface area contributed by atoms with Crippen LogP contribution in [0.2, 0.25) is 5.02 Å². The highest BCUT2D eigenvalue weighted by molar-refractivity contribution is 9.09. The van der Waals surface area contributed by atoms with Crippen LogP contribution in [0, 0.1) is 11.2 Å². The zero-order chi connectivity index (χ0) is 14.5. The number of benzene rings is 1. The second-order valence-electron chi connectivity index (χ2n) is 4.65. The number of nitrogens with one attached hydrogen (secondary N) is 1. The van der Waals surface area contributed by atoms with Crippen LogP contribution in [0.5, 0.6) is 0 Å². The molecule has 2 nitrogen and oxygen atoms in total. The Morgan fingerprint density at radius 2 is 2.05 bits per heavy atom. The van der Waals surface area contributed by atoms with Crippen molar-refractivity contribution >= 4 is 33.4 Å². The van der Waals surface area contributed by atoms with Crippen molar-refractivity contribution in [1.29, 1.82) is 0 Å². The highest BCUT2D eigenvalue weighted by atomic mass is 79.9. The topological polar surface area (TPSA) is 29.1 Å². The maximum Gasteiger partial charge on any atom is 0.251 e. The SMILES string of the molecule is CCC(CC)(CBr)CNC(=O)c1ccc(F)c(Cl)c1. The molecule has 1 aromatic rings. The van der Waals surface area contributed by atoms with Crippen LogP contribution >= 0.6 is 27.5 Å².